The van der Waals surface area contributed by atoms with Gasteiger partial charge < -0.3 is 13.7 Å². The van der Waals surface area contributed by atoms with Crippen molar-refractivity contribution in [2.24, 2.45) is 0 Å². The van der Waals surface area contributed by atoms with Gasteiger partial charge in [0.15, 0.2) is 11.6 Å². The van der Waals surface area contributed by atoms with E-state index in [2.05, 4.69) is 24.9 Å². The fraction of sp³-hybridized carbons (Fsp3) is 0.421. The van der Waals surface area contributed by atoms with E-state index < -0.39 is 0 Å². The minimum Gasteiger partial charge on any atom is -0.497 e. The van der Waals surface area contributed by atoms with E-state index in [1.807, 2.05) is 31.2 Å². The van der Waals surface area contributed by atoms with Crippen molar-refractivity contribution in [3.05, 3.63) is 48.1 Å². The molecular weight excluding hydrogens is 346 g/mol. The Kier molecular flexibility index (Phi) is 5.17. The van der Waals surface area contributed by atoms with Crippen LogP contribution in [-0.4, -0.2) is 58.2 Å². The van der Waals surface area contributed by atoms with E-state index in [1.54, 1.807) is 13.3 Å². The first-order valence-corrected chi connectivity index (χ1v) is 9.02. The first-order valence-electron chi connectivity index (χ1n) is 9.02. The highest BCUT2D eigenvalue weighted by Gasteiger charge is 2.20. The maximum atomic E-state index is 5.93. The lowest BCUT2D eigenvalue weighted by atomic mass is 10.2. The van der Waals surface area contributed by atoms with Crippen LogP contribution in [0.2, 0.25) is 0 Å². The minimum atomic E-state index is 0.679. The van der Waals surface area contributed by atoms with Gasteiger partial charge in [0.1, 0.15) is 5.75 Å². The highest BCUT2D eigenvalue weighted by molar-refractivity contribution is 5.57. The zero-order valence-electron chi connectivity index (χ0n) is 15.6. The van der Waals surface area contributed by atoms with Gasteiger partial charge in [-0.15, -0.1) is 0 Å². The quantitative estimate of drug-likeness (QED) is 0.655. The summed E-state index contributed by atoms with van der Waals surface area (Å²) in [5, 5.41) is 3.84. The molecule has 1 saturated heterocycles. The lowest BCUT2D eigenvalue weighted by molar-refractivity contribution is 0.106. The Morgan fingerprint density at radius 3 is 2.26 bits per heavy atom. The topological polar surface area (TPSA) is 80.7 Å². The van der Waals surface area contributed by atoms with Crippen LogP contribution in [0.3, 0.4) is 0 Å². The number of nitrogens with zero attached hydrogens (tertiary/aromatic N) is 5. The first kappa shape index (κ1) is 17.7. The number of aromatic nitrogens is 3. The Morgan fingerprint density at radius 2 is 1.67 bits per heavy atom. The van der Waals surface area contributed by atoms with Crippen LogP contribution in [0, 0.1) is 6.92 Å². The number of aryl methyl sites for hydroxylation is 1. The normalized spacial score (nSPS) is 15.9. The summed E-state index contributed by atoms with van der Waals surface area (Å²) in [6, 6.07) is 7.78. The van der Waals surface area contributed by atoms with E-state index in [0.29, 0.717) is 24.8 Å². The minimum absolute atomic E-state index is 0.679. The summed E-state index contributed by atoms with van der Waals surface area (Å²) in [5.41, 5.74) is 0.995. The summed E-state index contributed by atoms with van der Waals surface area (Å²) in [4.78, 5) is 13.4. The first-order chi connectivity index (χ1) is 13.2. The van der Waals surface area contributed by atoms with E-state index in [4.69, 9.17) is 13.7 Å². The van der Waals surface area contributed by atoms with E-state index in [1.165, 1.54) is 0 Å². The number of hydrogen-bond acceptors (Lipinski definition) is 8. The van der Waals surface area contributed by atoms with Gasteiger partial charge >= 0.3 is 0 Å². The molecule has 8 heteroatoms. The summed E-state index contributed by atoms with van der Waals surface area (Å²) in [7, 11) is 1.66. The van der Waals surface area contributed by atoms with Gasteiger partial charge in [0.25, 0.3) is 0 Å². The molecule has 3 heterocycles. The number of piperazine rings is 1. The number of oxazole rings is 1. The van der Waals surface area contributed by atoms with Crippen LogP contribution in [0.4, 0.5) is 0 Å². The van der Waals surface area contributed by atoms with Gasteiger partial charge in [-0.1, -0.05) is 5.16 Å². The molecule has 8 nitrogen and oxygen atoms in total. The summed E-state index contributed by atoms with van der Waals surface area (Å²) in [5.74, 6) is 3.70. The van der Waals surface area contributed by atoms with Gasteiger partial charge in [-0.05, 0) is 31.2 Å². The van der Waals surface area contributed by atoms with Crippen molar-refractivity contribution in [3.8, 4) is 17.1 Å². The lowest BCUT2D eigenvalue weighted by Crippen LogP contribution is -2.45. The number of ether oxygens (including phenoxy) is 1. The van der Waals surface area contributed by atoms with Crippen LogP contribution in [0.25, 0.3) is 11.3 Å². The molecule has 0 unspecified atom stereocenters. The van der Waals surface area contributed by atoms with Crippen LogP contribution in [-0.2, 0) is 13.1 Å². The fourth-order valence-electron chi connectivity index (χ4n) is 3.16. The summed E-state index contributed by atoms with van der Waals surface area (Å²) >= 11 is 0. The van der Waals surface area contributed by atoms with Crippen LogP contribution in [0.5, 0.6) is 5.75 Å². The van der Waals surface area contributed by atoms with Crippen molar-refractivity contribution in [1.82, 2.24) is 24.9 Å². The van der Waals surface area contributed by atoms with E-state index in [9.17, 15) is 0 Å². The average molecular weight is 369 g/mol. The Labute approximate surface area is 157 Å². The van der Waals surface area contributed by atoms with Crippen molar-refractivity contribution >= 4 is 0 Å². The molecule has 1 fully saturated rings. The third-order valence-electron chi connectivity index (χ3n) is 4.68. The van der Waals surface area contributed by atoms with Crippen molar-refractivity contribution in [2.45, 2.75) is 20.0 Å². The van der Waals surface area contributed by atoms with Crippen LogP contribution >= 0.6 is 0 Å². The molecule has 2 aromatic heterocycles. The van der Waals surface area contributed by atoms with Gasteiger partial charge in [-0.3, -0.25) is 9.80 Å². The molecule has 0 saturated carbocycles. The van der Waals surface area contributed by atoms with Gasteiger partial charge in [0.05, 0.1) is 26.4 Å². The van der Waals surface area contributed by atoms with Gasteiger partial charge in [-0.25, -0.2) is 4.98 Å². The molecular formula is C19H23N5O3. The highest BCUT2D eigenvalue weighted by atomic mass is 16.5. The maximum Gasteiger partial charge on any atom is 0.240 e. The standard InChI is InChI=1S/C19H23N5O3/c1-14-21-19(27-22-14)13-24-9-7-23(8-10-24)12-18-20-11-17(26-18)15-3-5-16(25-2)6-4-15/h3-6,11H,7-10,12-13H2,1-2H3. The lowest BCUT2D eigenvalue weighted by Gasteiger charge is -2.33. The van der Waals surface area contributed by atoms with Crippen molar-refractivity contribution < 1.29 is 13.7 Å². The average Bonchev–Trinajstić information content (AvgIpc) is 3.32. The Bertz CT molecular complexity index is 866. The zero-order chi connectivity index (χ0) is 18.6. The zero-order valence-corrected chi connectivity index (χ0v) is 15.6. The van der Waals surface area contributed by atoms with Crippen LogP contribution in [0.1, 0.15) is 17.6 Å². The monoisotopic (exact) mass is 369 g/mol. The smallest absolute Gasteiger partial charge is 0.240 e. The maximum absolute atomic E-state index is 5.93. The molecule has 0 amide bonds. The number of rotatable bonds is 6. The molecule has 1 aliphatic rings. The largest absolute Gasteiger partial charge is 0.497 e. The van der Waals surface area contributed by atoms with Gasteiger partial charge in [0.2, 0.25) is 11.8 Å². The SMILES string of the molecule is COc1ccc(-c2cnc(CN3CCN(Cc4nc(C)no4)CC3)o2)cc1. The molecule has 27 heavy (non-hydrogen) atoms. The molecule has 0 N–H and O–H groups in total. The number of benzene rings is 1. The second-order valence-electron chi connectivity index (χ2n) is 6.63. The molecule has 4 rings (SSSR count). The van der Waals surface area contributed by atoms with Gasteiger partial charge in [0, 0.05) is 31.7 Å². The Balaban J connectivity index is 1.29. The third-order valence-corrected chi connectivity index (χ3v) is 4.68. The van der Waals surface area contributed by atoms with E-state index in [-0.39, 0.29) is 0 Å². The van der Waals surface area contributed by atoms with Crippen LogP contribution in [0.15, 0.2) is 39.4 Å². The number of methoxy groups -OCH3 is 1. The highest BCUT2D eigenvalue weighted by Crippen LogP contribution is 2.23. The molecule has 3 aromatic rings. The molecule has 0 spiro atoms. The summed E-state index contributed by atoms with van der Waals surface area (Å²) in [6.07, 6.45) is 1.78. The van der Waals surface area contributed by atoms with Gasteiger partial charge in [-0.2, -0.15) is 4.98 Å². The predicted octanol–water partition coefficient (Wildman–Crippen LogP) is 2.36. The van der Waals surface area contributed by atoms with E-state index >= 15 is 0 Å². The van der Waals surface area contributed by atoms with E-state index in [0.717, 1.165) is 49.1 Å². The molecule has 1 aromatic carbocycles. The summed E-state index contributed by atoms with van der Waals surface area (Å²) < 4.78 is 16.3. The molecule has 0 radical (unpaired) electrons. The third kappa shape index (κ3) is 4.35. The molecule has 1 aliphatic heterocycles. The fourth-order valence-corrected chi connectivity index (χ4v) is 3.16. The van der Waals surface area contributed by atoms with Crippen molar-refractivity contribution in [3.63, 3.8) is 0 Å². The molecule has 0 bridgehead atoms. The van der Waals surface area contributed by atoms with Crippen LogP contribution < -0.4 is 4.74 Å². The molecule has 142 valence electrons. The predicted molar refractivity (Wildman–Crippen MR) is 98.1 cm³/mol. The Morgan fingerprint density at radius 1 is 1.00 bits per heavy atom. The second-order valence-corrected chi connectivity index (χ2v) is 6.63. The molecule has 0 atom stereocenters. The van der Waals surface area contributed by atoms with Crippen molar-refractivity contribution in [2.75, 3.05) is 33.3 Å². The molecule has 0 aliphatic carbocycles. The van der Waals surface area contributed by atoms with Crippen molar-refractivity contribution in [1.29, 1.82) is 0 Å². The number of hydrogen-bond donors (Lipinski definition) is 0. The summed E-state index contributed by atoms with van der Waals surface area (Å²) in [6.45, 7) is 7.06. The Hall–Kier alpha value is -2.71. The second kappa shape index (κ2) is 7.89.